The van der Waals surface area contributed by atoms with Gasteiger partial charge in [-0.2, -0.15) is 5.10 Å². The topological polar surface area (TPSA) is 64.4 Å². The van der Waals surface area contributed by atoms with Crippen LogP contribution >= 0.6 is 0 Å². The molecule has 1 aromatic heterocycles. The Morgan fingerprint density at radius 1 is 1.53 bits per heavy atom. The minimum Gasteiger partial charge on any atom is -0.483 e. The molecule has 0 saturated heterocycles. The van der Waals surface area contributed by atoms with Crippen molar-refractivity contribution in [3.8, 4) is 5.75 Å². The maximum Gasteiger partial charge on any atom is 0.307 e. The number of carboxylic acid groups (broad SMARTS) is 1. The second-order valence-corrected chi connectivity index (χ2v) is 4.83. The molecule has 1 N–H and O–H groups in total. The normalized spacial score (nSPS) is 17.6. The van der Waals surface area contributed by atoms with Crippen LogP contribution in [-0.2, 0) is 11.8 Å². The highest BCUT2D eigenvalue weighted by Gasteiger charge is 2.42. The van der Waals surface area contributed by atoms with Crippen LogP contribution in [-0.4, -0.2) is 26.5 Å². The van der Waals surface area contributed by atoms with Gasteiger partial charge in [0.2, 0.25) is 0 Å². The number of ether oxygens (including phenoxy) is 1. The predicted molar refractivity (Wildman–Crippen MR) is 62.1 cm³/mol. The fraction of sp³-hybridized carbons (Fsp3) is 0.667. The molecule has 2 rings (SSSR count). The van der Waals surface area contributed by atoms with Crippen LogP contribution in [0.5, 0.6) is 5.75 Å². The van der Waals surface area contributed by atoms with Gasteiger partial charge in [-0.3, -0.25) is 9.48 Å². The molecular formula is C12H18N2O3. The van der Waals surface area contributed by atoms with Crippen LogP contribution in [0.2, 0.25) is 0 Å². The van der Waals surface area contributed by atoms with Crippen molar-refractivity contribution in [2.24, 2.45) is 7.05 Å². The molecule has 1 fully saturated rings. The van der Waals surface area contributed by atoms with Gasteiger partial charge in [0, 0.05) is 7.05 Å². The maximum absolute atomic E-state index is 10.9. The lowest BCUT2D eigenvalue weighted by Gasteiger charge is -2.40. The SMILES string of the molecule is Cc1nn(C)c(C)c1OC1(CC(=O)O)CCC1. The van der Waals surface area contributed by atoms with Crippen LogP contribution in [0.1, 0.15) is 37.1 Å². The number of carboxylic acids is 1. The molecule has 0 aromatic carbocycles. The number of carbonyl (C=O) groups is 1. The number of hydrogen-bond acceptors (Lipinski definition) is 3. The van der Waals surface area contributed by atoms with E-state index >= 15 is 0 Å². The quantitative estimate of drug-likeness (QED) is 0.868. The van der Waals surface area contributed by atoms with Crippen LogP contribution in [0.15, 0.2) is 0 Å². The van der Waals surface area contributed by atoms with Crippen molar-refractivity contribution in [3.63, 3.8) is 0 Å². The first kappa shape index (κ1) is 12.0. The summed E-state index contributed by atoms with van der Waals surface area (Å²) >= 11 is 0. The lowest BCUT2D eigenvalue weighted by molar-refractivity contribution is -0.144. The molecular weight excluding hydrogens is 220 g/mol. The molecule has 1 aliphatic rings. The van der Waals surface area contributed by atoms with Crippen LogP contribution in [0.4, 0.5) is 0 Å². The fourth-order valence-corrected chi connectivity index (χ4v) is 2.28. The van der Waals surface area contributed by atoms with E-state index in [4.69, 9.17) is 9.84 Å². The Kier molecular flexibility index (Phi) is 2.85. The zero-order valence-electron chi connectivity index (χ0n) is 10.5. The van der Waals surface area contributed by atoms with Crippen molar-refractivity contribution in [3.05, 3.63) is 11.4 Å². The van der Waals surface area contributed by atoms with Gasteiger partial charge < -0.3 is 9.84 Å². The standard InChI is InChI=1S/C12H18N2O3/c1-8-11(9(2)14(3)13-8)17-12(5-4-6-12)7-10(15)16/h4-7H2,1-3H3,(H,15,16). The number of aliphatic carboxylic acids is 1. The maximum atomic E-state index is 10.9. The third kappa shape index (κ3) is 2.14. The summed E-state index contributed by atoms with van der Waals surface area (Å²) in [6.07, 6.45) is 2.73. The summed E-state index contributed by atoms with van der Waals surface area (Å²) in [5.74, 6) is -0.0580. The van der Waals surface area contributed by atoms with E-state index in [0.29, 0.717) is 0 Å². The largest absolute Gasteiger partial charge is 0.483 e. The molecule has 0 atom stereocenters. The number of rotatable bonds is 4. The van der Waals surface area contributed by atoms with E-state index in [1.54, 1.807) is 4.68 Å². The van der Waals surface area contributed by atoms with E-state index in [9.17, 15) is 4.79 Å². The number of aromatic nitrogens is 2. The highest BCUT2D eigenvalue weighted by molar-refractivity contribution is 5.68. The molecule has 0 aliphatic heterocycles. The molecule has 5 heteroatoms. The van der Waals surface area contributed by atoms with E-state index in [2.05, 4.69) is 5.10 Å². The minimum atomic E-state index is -0.802. The molecule has 1 saturated carbocycles. The summed E-state index contributed by atoms with van der Waals surface area (Å²) in [5.41, 5.74) is 1.26. The van der Waals surface area contributed by atoms with Crippen LogP contribution in [0.25, 0.3) is 0 Å². The van der Waals surface area contributed by atoms with E-state index < -0.39 is 11.6 Å². The summed E-state index contributed by atoms with van der Waals surface area (Å²) in [7, 11) is 1.86. The van der Waals surface area contributed by atoms with Gasteiger partial charge in [0.15, 0.2) is 5.75 Å². The first-order valence-electron chi connectivity index (χ1n) is 5.84. The van der Waals surface area contributed by atoms with E-state index in [1.165, 1.54) is 0 Å². The molecule has 0 unspecified atom stereocenters. The highest BCUT2D eigenvalue weighted by Crippen LogP contribution is 2.41. The molecule has 1 aliphatic carbocycles. The van der Waals surface area contributed by atoms with Crippen molar-refractivity contribution < 1.29 is 14.6 Å². The predicted octanol–water partition coefficient (Wildman–Crippen LogP) is 1.81. The summed E-state index contributed by atoms with van der Waals surface area (Å²) in [6.45, 7) is 3.82. The van der Waals surface area contributed by atoms with Gasteiger partial charge in [-0.25, -0.2) is 0 Å². The summed E-state index contributed by atoms with van der Waals surface area (Å²) in [5, 5.41) is 13.2. The molecule has 0 bridgehead atoms. The first-order chi connectivity index (χ1) is 7.93. The zero-order chi connectivity index (χ0) is 12.6. The van der Waals surface area contributed by atoms with E-state index in [-0.39, 0.29) is 6.42 Å². The summed E-state index contributed by atoms with van der Waals surface area (Å²) < 4.78 is 7.73. The lowest BCUT2D eigenvalue weighted by atomic mass is 9.77. The third-order valence-electron chi connectivity index (χ3n) is 3.50. The molecule has 0 radical (unpaired) electrons. The Balaban J connectivity index is 2.21. The Labute approximate surface area is 100 Å². The summed E-state index contributed by atoms with van der Waals surface area (Å²) in [6, 6.07) is 0. The smallest absolute Gasteiger partial charge is 0.307 e. The first-order valence-corrected chi connectivity index (χ1v) is 5.84. The minimum absolute atomic E-state index is 0.0702. The fourth-order valence-electron chi connectivity index (χ4n) is 2.28. The van der Waals surface area contributed by atoms with Crippen LogP contribution in [0, 0.1) is 13.8 Å². The van der Waals surface area contributed by atoms with Gasteiger partial charge in [-0.05, 0) is 33.1 Å². The van der Waals surface area contributed by atoms with Gasteiger partial charge in [-0.15, -0.1) is 0 Å². The molecule has 5 nitrogen and oxygen atoms in total. The van der Waals surface area contributed by atoms with Gasteiger partial charge in [0.05, 0.1) is 12.1 Å². The lowest BCUT2D eigenvalue weighted by Crippen LogP contribution is -2.45. The Morgan fingerprint density at radius 2 is 2.18 bits per heavy atom. The average molecular weight is 238 g/mol. The van der Waals surface area contributed by atoms with Gasteiger partial charge in [-0.1, -0.05) is 0 Å². The second kappa shape index (κ2) is 4.05. The molecule has 1 heterocycles. The van der Waals surface area contributed by atoms with Crippen molar-refractivity contribution in [1.29, 1.82) is 0 Å². The number of nitrogens with zero attached hydrogens (tertiary/aromatic N) is 2. The van der Waals surface area contributed by atoms with Gasteiger partial charge in [0.1, 0.15) is 11.3 Å². The number of hydrogen-bond donors (Lipinski definition) is 1. The van der Waals surface area contributed by atoms with Crippen molar-refractivity contribution in [1.82, 2.24) is 9.78 Å². The molecule has 0 amide bonds. The van der Waals surface area contributed by atoms with E-state index in [0.717, 1.165) is 36.4 Å². The molecule has 17 heavy (non-hydrogen) atoms. The highest BCUT2D eigenvalue weighted by atomic mass is 16.5. The Hall–Kier alpha value is -1.52. The van der Waals surface area contributed by atoms with Crippen molar-refractivity contribution in [2.45, 2.75) is 45.1 Å². The molecule has 1 aromatic rings. The Morgan fingerprint density at radius 3 is 2.53 bits per heavy atom. The van der Waals surface area contributed by atoms with Crippen molar-refractivity contribution >= 4 is 5.97 Å². The average Bonchev–Trinajstić information content (AvgIpc) is 2.40. The van der Waals surface area contributed by atoms with Gasteiger partial charge in [0.25, 0.3) is 0 Å². The van der Waals surface area contributed by atoms with Crippen LogP contribution < -0.4 is 4.74 Å². The van der Waals surface area contributed by atoms with Gasteiger partial charge >= 0.3 is 5.97 Å². The number of aryl methyl sites for hydroxylation is 2. The molecule has 0 spiro atoms. The second-order valence-electron chi connectivity index (χ2n) is 4.83. The van der Waals surface area contributed by atoms with Crippen molar-refractivity contribution in [2.75, 3.05) is 0 Å². The third-order valence-corrected chi connectivity index (χ3v) is 3.50. The summed E-state index contributed by atoms with van der Waals surface area (Å²) in [4.78, 5) is 10.9. The van der Waals surface area contributed by atoms with Crippen LogP contribution in [0.3, 0.4) is 0 Å². The monoisotopic (exact) mass is 238 g/mol. The van der Waals surface area contributed by atoms with E-state index in [1.807, 2.05) is 20.9 Å². The zero-order valence-corrected chi connectivity index (χ0v) is 10.5. The molecule has 94 valence electrons. The Bertz CT molecular complexity index is 447.